The van der Waals surface area contributed by atoms with Gasteiger partial charge in [0, 0.05) is 70.8 Å². The molecule has 37 heavy (non-hydrogen) atoms. The van der Waals surface area contributed by atoms with Crippen molar-refractivity contribution in [3.63, 3.8) is 0 Å². The van der Waals surface area contributed by atoms with Gasteiger partial charge >= 0.3 is 0 Å². The lowest BCUT2D eigenvalue weighted by molar-refractivity contribution is -0.134. The topological polar surface area (TPSA) is 128 Å². The third kappa shape index (κ3) is 6.22. The Morgan fingerprint density at radius 2 is 1.84 bits per heavy atom. The molecule has 0 bridgehead atoms. The second kappa shape index (κ2) is 12.2. The predicted molar refractivity (Wildman–Crippen MR) is 143 cm³/mol. The van der Waals surface area contributed by atoms with Crippen LogP contribution in [0.4, 0.5) is 0 Å². The maximum atomic E-state index is 13.6. The van der Waals surface area contributed by atoms with E-state index in [0.717, 1.165) is 12.8 Å². The first kappa shape index (κ1) is 27.9. The van der Waals surface area contributed by atoms with Gasteiger partial charge in [0.15, 0.2) is 0 Å². The maximum absolute atomic E-state index is 13.6. The van der Waals surface area contributed by atoms with Crippen molar-refractivity contribution in [3.05, 3.63) is 0 Å². The Balaban J connectivity index is 1.15. The summed E-state index contributed by atoms with van der Waals surface area (Å²) >= 11 is 8.18. The summed E-state index contributed by atoms with van der Waals surface area (Å²) in [6.07, 6.45) is 1.61. The second-order valence-electron chi connectivity index (χ2n) is 11.0. The average Bonchev–Trinajstić information content (AvgIpc) is 3.47. The van der Waals surface area contributed by atoms with E-state index >= 15 is 0 Å². The molecule has 5 rings (SSSR count). The van der Waals surface area contributed by atoms with Crippen LogP contribution in [0.5, 0.6) is 0 Å². The number of piperidine rings is 2. The van der Waals surface area contributed by atoms with Crippen molar-refractivity contribution in [2.24, 2.45) is 17.8 Å². The molecule has 5 aliphatic rings. The van der Waals surface area contributed by atoms with Gasteiger partial charge in [-0.3, -0.25) is 25.5 Å². The van der Waals surface area contributed by atoms with E-state index in [1.54, 1.807) is 26.0 Å². The van der Waals surface area contributed by atoms with Crippen LogP contribution in [0.3, 0.4) is 0 Å². The highest BCUT2D eigenvalue weighted by molar-refractivity contribution is 8.00. The zero-order chi connectivity index (χ0) is 26.1. The zero-order valence-corrected chi connectivity index (χ0v) is 23.4. The van der Waals surface area contributed by atoms with E-state index in [1.165, 1.54) is 0 Å². The number of thioether (sulfide) groups is 1. The third-order valence-electron chi connectivity index (χ3n) is 8.69. The number of likely N-dealkylation sites (tertiary alicyclic amines) is 1. The summed E-state index contributed by atoms with van der Waals surface area (Å²) in [5.41, 5.74) is -0.249. The molecule has 0 saturated carbocycles. The number of fused-ring (bicyclic) bond motifs is 1. The first-order valence-electron chi connectivity index (χ1n) is 13.5. The monoisotopic (exact) mass is 559 g/mol. The second-order valence-corrected chi connectivity index (χ2v) is 12.9. The van der Waals surface area contributed by atoms with Crippen molar-refractivity contribution in [2.45, 2.75) is 66.5 Å². The van der Waals surface area contributed by atoms with Crippen LogP contribution in [0.15, 0.2) is 0 Å². The minimum absolute atomic E-state index is 0.0514. The molecule has 11 nitrogen and oxygen atoms in total. The Morgan fingerprint density at radius 3 is 2.59 bits per heavy atom. The Hall–Kier alpha value is -0.700. The molecule has 0 aromatic heterocycles. The molecular weight excluding hydrogens is 518 g/mol. The molecule has 5 heterocycles. The van der Waals surface area contributed by atoms with Crippen LogP contribution in [0.1, 0.15) is 19.8 Å². The van der Waals surface area contributed by atoms with E-state index in [2.05, 4.69) is 38.8 Å². The molecule has 0 spiro atoms. The molecule has 13 heteroatoms. The average molecular weight is 560 g/mol. The van der Waals surface area contributed by atoms with Gasteiger partial charge in [-0.05, 0) is 31.6 Å². The van der Waals surface area contributed by atoms with Crippen LogP contribution in [0.25, 0.3) is 0 Å². The molecular formula is C24H42ClN7O4S. The summed E-state index contributed by atoms with van der Waals surface area (Å²) in [5, 5.41) is 20.4. The summed E-state index contributed by atoms with van der Waals surface area (Å²) in [5.74, 6) is 0.475. The third-order valence-corrected chi connectivity index (χ3v) is 10.4. The van der Waals surface area contributed by atoms with Gasteiger partial charge in [-0.15, -0.1) is 23.4 Å². The Bertz CT molecular complexity index is 816. The lowest BCUT2D eigenvalue weighted by Crippen LogP contribution is -2.61. The Kier molecular flexibility index (Phi) is 9.20. The fraction of sp³-hybridized carbons (Fsp3) is 0.917. The van der Waals surface area contributed by atoms with E-state index < -0.39 is 0 Å². The number of piperazine rings is 1. The molecule has 5 aliphatic heterocycles. The van der Waals surface area contributed by atoms with Crippen molar-refractivity contribution >= 4 is 35.2 Å². The van der Waals surface area contributed by atoms with Gasteiger partial charge in [0.2, 0.25) is 11.8 Å². The molecule has 11 unspecified atom stereocenters. The fourth-order valence-electron chi connectivity index (χ4n) is 6.68. The van der Waals surface area contributed by atoms with Crippen LogP contribution < -0.4 is 31.9 Å². The van der Waals surface area contributed by atoms with Crippen molar-refractivity contribution in [3.8, 4) is 0 Å². The summed E-state index contributed by atoms with van der Waals surface area (Å²) in [6.45, 7) is 6.16. The molecule has 11 atom stereocenters. The first-order chi connectivity index (χ1) is 17.9. The van der Waals surface area contributed by atoms with Crippen LogP contribution in [-0.4, -0.2) is 117 Å². The number of nitrogens with one attached hydrogen (secondary N) is 6. The Labute approximate surface area is 228 Å². The quantitative estimate of drug-likeness (QED) is 0.171. The number of halogens is 1. The highest BCUT2D eigenvalue weighted by atomic mass is 35.5. The van der Waals surface area contributed by atoms with E-state index in [0.29, 0.717) is 45.3 Å². The largest absolute Gasteiger partial charge is 0.380 e. The normalized spacial score (nSPS) is 44.4. The highest BCUT2D eigenvalue weighted by Crippen LogP contribution is 2.38. The summed E-state index contributed by atoms with van der Waals surface area (Å²) in [7, 11) is 3.39. The number of carbonyl (C=O) groups is 2. The first-order valence-corrected chi connectivity index (χ1v) is 14.9. The molecule has 6 N–H and O–H groups in total. The predicted octanol–water partition coefficient (Wildman–Crippen LogP) is -1.36. The molecule has 2 amide bonds. The molecule has 5 saturated heterocycles. The van der Waals surface area contributed by atoms with Gasteiger partial charge < -0.3 is 30.3 Å². The van der Waals surface area contributed by atoms with E-state index in [9.17, 15) is 9.59 Å². The smallest absolute Gasteiger partial charge is 0.241 e. The zero-order valence-electron chi connectivity index (χ0n) is 21.9. The number of alkyl halides is 1. The SMILES string of the molecule is COC1CNCC(C(=O)N2CC3NC(NC(=O)C4CNC(C)CC4C4CC(Cl)NCC4OC)SC3C2)N1. The van der Waals surface area contributed by atoms with Gasteiger partial charge in [-0.2, -0.15) is 0 Å². The summed E-state index contributed by atoms with van der Waals surface area (Å²) in [4.78, 5) is 28.6. The van der Waals surface area contributed by atoms with Crippen LogP contribution >= 0.6 is 23.4 Å². The number of rotatable bonds is 6. The standard InChI is InChI=1S/C24H42ClN7O4S/c1-12-4-13(14-5-20(25)28-8-18(14)35-2)15(6-27-12)22(33)31-24-30-17-10-32(11-19(17)37-24)23(34)16-7-26-9-21(29-16)36-3/h12-21,24,26-30H,4-11H2,1-3H3,(H,31,33). The number of hydrogen-bond acceptors (Lipinski definition) is 10. The molecule has 210 valence electrons. The van der Waals surface area contributed by atoms with E-state index in [4.69, 9.17) is 21.1 Å². The molecule has 0 aromatic carbocycles. The van der Waals surface area contributed by atoms with Gasteiger partial charge in [-0.25, -0.2) is 0 Å². The van der Waals surface area contributed by atoms with E-state index in [-0.39, 0.29) is 70.2 Å². The van der Waals surface area contributed by atoms with Crippen molar-refractivity contribution in [2.75, 3.05) is 53.5 Å². The molecule has 0 aromatic rings. The number of nitrogens with zero attached hydrogens (tertiary/aromatic N) is 1. The van der Waals surface area contributed by atoms with Gasteiger partial charge in [-0.1, -0.05) is 0 Å². The Morgan fingerprint density at radius 1 is 1.00 bits per heavy atom. The minimum Gasteiger partial charge on any atom is -0.380 e. The van der Waals surface area contributed by atoms with Crippen LogP contribution in [0.2, 0.25) is 0 Å². The minimum atomic E-state index is -0.283. The van der Waals surface area contributed by atoms with Gasteiger partial charge in [0.05, 0.1) is 17.5 Å². The lowest BCUT2D eigenvalue weighted by atomic mass is 9.70. The van der Waals surface area contributed by atoms with Gasteiger partial charge in [0.1, 0.15) is 17.8 Å². The van der Waals surface area contributed by atoms with Crippen molar-refractivity contribution in [1.29, 1.82) is 0 Å². The van der Waals surface area contributed by atoms with Crippen LogP contribution in [0, 0.1) is 17.8 Å². The highest BCUT2D eigenvalue weighted by Gasteiger charge is 2.47. The van der Waals surface area contributed by atoms with Crippen molar-refractivity contribution in [1.82, 2.24) is 36.8 Å². The molecule has 0 aliphatic carbocycles. The molecule has 0 radical (unpaired) electrons. The number of methoxy groups -OCH3 is 2. The lowest BCUT2D eigenvalue weighted by Gasteiger charge is -2.45. The fourth-order valence-corrected chi connectivity index (χ4v) is 8.38. The van der Waals surface area contributed by atoms with E-state index in [1.807, 2.05) is 4.90 Å². The van der Waals surface area contributed by atoms with Gasteiger partial charge in [0.25, 0.3) is 0 Å². The number of hydrogen-bond donors (Lipinski definition) is 6. The number of carbonyl (C=O) groups excluding carboxylic acids is 2. The number of amides is 2. The summed E-state index contributed by atoms with van der Waals surface area (Å²) in [6, 6.07) is 0.230. The van der Waals surface area contributed by atoms with Crippen molar-refractivity contribution < 1.29 is 19.1 Å². The van der Waals surface area contributed by atoms with Crippen LogP contribution in [-0.2, 0) is 19.1 Å². The summed E-state index contributed by atoms with van der Waals surface area (Å²) < 4.78 is 11.2. The molecule has 5 fully saturated rings. The number of ether oxygens (including phenoxy) is 2. The maximum Gasteiger partial charge on any atom is 0.241 e.